The van der Waals surface area contributed by atoms with Gasteiger partial charge in [-0.2, -0.15) is 0 Å². The highest BCUT2D eigenvalue weighted by Gasteiger charge is 2.25. The van der Waals surface area contributed by atoms with E-state index in [2.05, 4.69) is 33.9 Å². The first kappa shape index (κ1) is 19.5. The predicted octanol–water partition coefficient (Wildman–Crippen LogP) is 1.44. The van der Waals surface area contributed by atoms with Gasteiger partial charge in [0, 0.05) is 44.8 Å². The Labute approximate surface area is 165 Å². The Morgan fingerprint density at radius 2 is 2.07 bits per heavy atom. The second-order valence-electron chi connectivity index (χ2n) is 8.23. The zero-order valence-corrected chi connectivity index (χ0v) is 16.7. The fourth-order valence-electron chi connectivity index (χ4n) is 4.32. The van der Waals surface area contributed by atoms with Gasteiger partial charge in [-0.05, 0) is 38.7 Å². The van der Waals surface area contributed by atoms with E-state index in [0.717, 1.165) is 57.6 Å². The summed E-state index contributed by atoms with van der Waals surface area (Å²) in [5.41, 5.74) is 3.79. The molecule has 3 aliphatic rings. The van der Waals surface area contributed by atoms with Crippen LogP contribution in [0.5, 0.6) is 0 Å². The predicted molar refractivity (Wildman–Crippen MR) is 106 cm³/mol. The summed E-state index contributed by atoms with van der Waals surface area (Å²) in [6, 6.07) is 0. The van der Waals surface area contributed by atoms with Gasteiger partial charge < -0.3 is 19.2 Å². The van der Waals surface area contributed by atoms with Crippen LogP contribution in [0, 0.1) is 0 Å². The van der Waals surface area contributed by atoms with Gasteiger partial charge in [-0.15, -0.1) is 0 Å². The molecule has 7 heteroatoms. The molecule has 1 aromatic rings. The minimum absolute atomic E-state index is 0.00713. The van der Waals surface area contributed by atoms with Crippen molar-refractivity contribution in [3.8, 4) is 0 Å². The van der Waals surface area contributed by atoms with Crippen LogP contribution >= 0.6 is 0 Å². The first-order valence-electron chi connectivity index (χ1n) is 10.4. The highest BCUT2D eigenvalue weighted by Crippen LogP contribution is 2.23. The second kappa shape index (κ2) is 8.68. The van der Waals surface area contributed by atoms with Gasteiger partial charge >= 0.3 is 5.76 Å². The largest absolute Gasteiger partial charge is 0.416 e. The number of H-pyrrole nitrogens is 1. The lowest BCUT2D eigenvalue weighted by Gasteiger charge is -2.38. The lowest BCUT2D eigenvalue weighted by atomic mass is 9.99. The summed E-state index contributed by atoms with van der Waals surface area (Å²) >= 11 is 0. The number of nitrogens with zero attached hydrogens (tertiary/aromatic N) is 2. The molecular weight excluding hydrogens is 358 g/mol. The van der Waals surface area contributed by atoms with Crippen molar-refractivity contribution in [3.63, 3.8) is 0 Å². The van der Waals surface area contributed by atoms with Crippen LogP contribution < -0.4 is 5.76 Å². The Morgan fingerprint density at radius 1 is 1.25 bits per heavy atom. The zero-order valence-electron chi connectivity index (χ0n) is 16.7. The maximum atomic E-state index is 11.3. The maximum Gasteiger partial charge on any atom is 0.416 e. The molecule has 7 nitrogen and oxygen atoms in total. The number of allylic oxidation sites excluding steroid dienone is 4. The Bertz CT molecular complexity index is 786. The number of ether oxygens (including phenoxy) is 1. The highest BCUT2D eigenvalue weighted by atomic mass is 16.5. The van der Waals surface area contributed by atoms with Gasteiger partial charge in [0.05, 0.1) is 24.5 Å². The van der Waals surface area contributed by atoms with Crippen molar-refractivity contribution in [2.24, 2.45) is 0 Å². The Morgan fingerprint density at radius 3 is 2.82 bits per heavy atom. The number of rotatable bonds is 6. The molecule has 1 aliphatic heterocycles. The van der Waals surface area contributed by atoms with Crippen molar-refractivity contribution in [2.75, 3.05) is 39.3 Å². The summed E-state index contributed by atoms with van der Waals surface area (Å²) in [7, 11) is 0. The van der Waals surface area contributed by atoms with E-state index in [-0.39, 0.29) is 11.9 Å². The highest BCUT2D eigenvalue weighted by molar-refractivity contribution is 5.22. The van der Waals surface area contributed by atoms with E-state index in [1.165, 1.54) is 11.3 Å². The van der Waals surface area contributed by atoms with E-state index in [0.29, 0.717) is 25.3 Å². The van der Waals surface area contributed by atoms with Crippen molar-refractivity contribution in [1.82, 2.24) is 14.8 Å². The normalized spacial score (nSPS) is 24.5. The molecule has 1 aromatic heterocycles. The first-order chi connectivity index (χ1) is 13.6. The maximum absolute atomic E-state index is 11.3. The number of piperazine rings is 1. The van der Waals surface area contributed by atoms with Gasteiger partial charge in [0.25, 0.3) is 0 Å². The second-order valence-corrected chi connectivity index (χ2v) is 8.23. The molecule has 1 fully saturated rings. The van der Waals surface area contributed by atoms with Gasteiger partial charge in [-0.1, -0.05) is 11.6 Å². The third-order valence-corrected chi connectivity index (χ3v) is 6.04. The minimum Gasteiger partial charge on any atom is -0.413 e. The molecule has 0 radical (unpaired) electrons. The number of aromatic nitrogens is 1. The van der Waals surface area contributed by atoms with Crippen LogP contribution in [-0.4, -0.2) is 71.4 Å². The van der Waals surface area contributed by atoms with Gasteiger partial charge in [0.15, 0.2) is 0 Å². The molecule has 28 heavy (non-hydrogen) atoms. The van der Waals surface area contributed by atoms with Crippen molar-refractivity contribution >= 4 is 0 Å². The van der Waals surface area contributed by atoms with Crippen molar-refractivity contribution in [2.45, 2.75) is 51.2 Å². The molecule has 2 N–H and O–H groups in total. The van der Waals surface area contributed by atoms with Crippen molar-refractivity contribution in [1.29, 1.82) is 0 Å². The van der Waals surface area contributed by atoms with E-state index in [1.807, 2.05) is 0 Å². The van der Waals surface area contributed by atoms with E-state index in [1.54, 1.807) is 0 Å². The number of fused-ring (bicyclic) bond motifs is 1. The number of hydrogen-bond acceptors (Lipinski definition) is 6. The molecule has 0 saturated carbocycles. The standard InChI is InChI=1S/C21H31N3O4/c1-15-2-4-16(5-3-15)24-10-8-23(9-11-24)13-17(25)14-27-18-6-7-19-20(12-18)28-21(26)22-19/h2,4,17-18,25H,3,5-14H2,1H3,(H,22,26). The smallest absolute Gasteiger partial charge is 0.413 e. The van der Waals surface area contributed by atoms with Gasteiger partial charge in [0.2, 0.25) is 0 Å². The molecule has 2 aliphatic carbocycles. The summed E-state index contributed by atoms with van der Waals surface area (Å²) < 4.78 is 11.1. The van der Waals surface area contributed by atoms with Gasteiger partial charge in [-0.3, -0.25) is 9.88 Å². The first-order valence-corrected chi connectivity index (χ1v) is 10.4. The Balaban J connectivity index is 1.17. The lowest BCUT2D eigenvalue weighted by Crippen LogP contribution is -2.48. The van der Waals surface area contributed by atoms with Crippen LogP contribution in [0.15, 0.2) is 32.6 Å². The topological polar surface area (TPSA) is 81.9 Å². The number of aliphatic hydroxyl groups excluding tert-OH is 1. The quantitative estimate of drug-likeness (QED) is 0.766. The average molecular weight is 389 g/mol. The molecule has 4 rings (SSSR count). The van der Waals surface area contributed by atoms with E-state index < -0.39 is 6.10 Å². The molecular formula is C21H31N3O4. The molecule has 0 spiro atoms. The number of β-amino-alcohol motifs (C(OH)–C–C–N with tert-alkyl or cyclic N) is 1. The summed E-state index contributed by atoms with van der Waals surface area (Å²) in [5.74, 6) is 0.314. The Hall–Kier alpha value is -1.83. The number of hydrogen-bond donors (Lipinski definition) is 2. The molecule has 2 unspecified atom stereocenters. The number of aryl methyl sites for hydroxylation is 1. The number of nitrogens with one attached hydrogen (secondary N) is 1. The lowest BCUT2D eigenvalue weighted by molar-refractivity contribution is -0.0306. The molecule has 154 valence electrons. The van der Waals surface area contributed by atoms with Crippen LogP contribution in [0.3, 0.4) is 0 Å². The van der Waals surface area contributed by atoms with Gasteiger partial charge in [0.1, 0.15) is 5.76 Å². The van der Waals surface area contributed by atoms with E-state index in [4.69, 9.17) is 9.15 Å². The fraction of sp³-hybridized carbons (Fsp3) is 0.667. The molecule has 2 heterocycles. The molecule has 0 aromatic carbocycles. The van der Waals surface area contributed by atoms with Crippen LogP contribution in [-0.2, 0) is 17.6 Å². The third kappa shape index (κ3) is 4.77. The fourth-order valence-corrected chi connectivity index (χ4v) is 4.32. The van der Waals surface area contributed by atoms with Crippen molar-refractivity contribution < 1.29 is 14.3 Å². The number of oxazole rings is 1. The molecule has 0 amide bonds. The SMILES string of the molecule is CC1=CC=C(N2CCN(CC(O)COC3CCc4[nH]c(=O)oc4C3)CC2)CC1. The van der Waals surface area contributed by atoms with Crippen LogP contribution in [0.2, 0.25) is 0 Å². The number of aromatic amines is 1. The summed E-state index contributed by atoms with van der Waals surface area (Å²) in [4.78, 5) is 18.8. The third-order valence-electron chi connectivity index (χ3n) is 6.04. The summed E-state index contributed by atoms with van der Waals surface area (Å²) in [6.07, 6.45) is 8.52. The number of aliphatic hydroxyl groups is 1. The zero-order chi connectivity index (χ0) is 19.5. The van der Waals surface area contributed by atoms with Crippen LogP contribution in [0.1, 0.15) is 37.6 Å². The van der Waals surface area contributed by atoms with E-state index >= 15 is 0 Å². The molecule has 1 saturated heterocycles. The average Bonchev–Trinajstić information content (AvgIpc) is 3.07. The van der Waals surface area contributed by atoms with Crippen molar-refractivity contribution in [3.05, 3.63) is 45.4 Å². The van der Waals surface area contributed by atoms with Crippen LogP contribution in [0.4, 0.5) is 0 Å². The summed E-state index contributed by atoms with van der Waals surface area (Å²) in [5, 5.41) is 10.4. The summed E-state index contributed by atoms with van der Waals surface area (Å²) in [6.45, 7) is 7.13. The Kier molecular flexibility index (Phi) is 6.04. The minimum atomic E-state index is -0.495. The molecule has 2 atom stereocenters. The van der Waals surface area contributed by atoms with E-state index in [9.17, 15) is 9.90 Å². The monoisotopic (exact) mass is 389 g/mol. The van der Waals surface area contributed by atoms with Gasteiger partial charge in [-0.25, -0.2) is 4.79 Å². The van der Waals surface area contributed by atoms with Crippen LogP contribution in [0.25, 0.3) is 0 Å². The molecule has 0 bridgehead atoms.